The predicted molar refractivity (Wildman–Crippen MR) is 116 cm³/mol. The molecule has 1 N–H and O–H groups in total. The number of carbonyl (C=O) groups is 2. The van der Waals surface area contributed by atoms with Gasteiger partial charge in [-0.15, -0.1) is 0 Å². The molecule has 1 saturated heterocycles. The number of hydrogen-bond acceptors (Lipinski definition) is 5. The summed E-state index contributed by atoms with van der Waals surface area (Å²) < 4.78 is 0. The smallest absolute Gasteiger partial charge is 0.242 e. The normalized spacial score (nSPS) is 17.4. The van der Waals surface area contributed by atoms with Crippen LogP contribution in [0.4, 0.5) is 11.4 Å². The first kappa shape index (κ1) is 20.6. The number of anilines is 1. The highest BCUT2D eigenvalue weighted by molar-refractivity contribution is 8.15. The van der Waals surface area contributed by atoms with Crippen LogP contribution < -0.4 is 5.32 Å². The topological polar surface area (TPSA) is 85.6 Å². The summed E-state index contributed by atoms with van der Waals surface area (Å²) in [5, 5.41) is 12.0. The summed E-state index contributed by atoms with van der Waals surface area (Å²) in [5.74, 6) is -0.424. The average Bonchev–Trinajstić information content (AvgIpc) is 2.95. The maximum Gasteiger partial charge on any atom is 0.242 e. The number of amidine groups is 1. The number of nitrogens with zero attached hydrogens (tertiary/aromatic N) is 3. The first-order chi connectivity index (χ1) is 13.9. The first-order valence-electron chi connectivity index (χ1n) is 9.35. The van der Waals surface area contributed by atoms with Crippen LogP contribution in [0.1, 0.15) is 30.0 Å². The second-order valence-corrected chi connectivity index (χ2v) is 8.01. The molecule has 0 radical (unpaired) electrons. The molecule has 29 heavy (non-hydrogen) atoms. The molecule has 3 rings (SSSR count). The summed E-state index contributed by atoms with van der Waals surface area (Å²) in [5.41, 5.74) is 3.84. The van der Waals surface area contributed by atoms with E-state index in [1.54, 1.807) is 29.2 Å². The fraction of sp³-hybridized carbons (Fsp3) is 0.273. The number of thioether (sulfide) groups is 1. The van der Waals surface area contributed by atoms with Gasteiger partial charge in [-0.2, -0.15) is 5.26 Å². The van der Waals surface area contributed by atoms with Gasteiger partial charge < -0.3 is 5.32 Å². The van der Waals surface area contributed by atoms with E-state index in [1.165, 1.54) is 11.8 Å². The van der Waals surface area contributed by atoms with Gasteiger partial charge in [0.1, 0.15) is 11.3 Å². The van der Waals surface area contributed by atoms with Crippen LogP contribution in [0, 0.1) is 25.2 Å². The van der Waals surface area contributed by atoms with Crippen molar-refractivity contribution < 1.29 is 9.59 Å². The van der Waals surface area contributed by atoms with Gasteiger partial charge in [0.15, 0.2) is 5.17 Å². The Kier molecular flexibility index (Phi) is 6.35. The molecule has 1 aliphatic rings. The van der Waals surface area contributed by atoms with Crippen molar-refractivity contribution in [2.24, 2.45) is 4.99 Å². The number of nitrogens with one attached hydrogen (secondary N) is 1. The van der Waals surface area contributed by atoms with Gasteiger partial charge in [0.05, 0.1) is 16.9 Å². The summed E-state index contributed by atoms with van der Waals surface area (Å²) in [6.07, 6.45) is 0.0195. The van der Waals surface area contributed by atoms with Gasteiger partial charge in [-0.3, -0.25) is 14.5 Å². The maximum atomic E-state index is 12.8. The summed E-state index contributed by atoms with van der Waals surface area (Å²) >= 11 is 1.31. The van der Waals surface area contributed by atoms with Crippen LogP contribution in [-0.4, -0.2) is 33.7 Å². The molecule has 6 nitrogen and oxygen atoms in total. The number of benzene rings is 2. The maximum absolute atomic E-state index is 12.8. The Labute approximate surface area is 174 Å². The molecule has 1 fully saturated rings. The number of rotatable bonds is 5. The Morgan fingerprint density at radius 3 is 2.59 bits per heavy atom. The molecule has 1 unspecified atom stereocenters. The van der Waals surface area contributed by atoms with Gasteiger partial charge in [0.25, 0.3) is 0 Å². The fourth-order valence-corrected chi connectivity index (χ4v) is 4.42. The lowest BCUT2D eigenvalue weighted by molar-refractivity contribution is -0.128. The Bertz CT molecular complexity index is 1010. The number of amides is 2. The zero-order valence-corrected chi connectivity index (χ0v) is 17.4. The van der Waals surface area contributed by atoms with Crippen LogP contribution in [0.2, 0.25) is 0 Å². The van der Waals surface area contributed by atoms with E-state index in [1.807, 2.05) is 39.0 Å². The third-order valence-corrected chi connectivity index (χ3v) is 5.64. The highest BCUT2D eigenvalue weighted by atomic mass is 32.2. The quantitative estimate of drug-likeness (QED) is 0.808. The second kappa shape index (κ2) is 8.93. The Morgan fingerprint density at radius 2 is 1.93 bits per heavy atom. The van der Waals surface area contributed by atoms with Crippen LogP contribution >= 0.6 is 11.8 Å². The molecular formula is C22H22N4O2S. The van der Waals surface area contributed by atoms with Crippen LogP contribution in [0.5, 0.6) is 0 Å². The summed E-state index contributed by atoms with van der Waals surface area (Å²) in [6.45, 7) is 6.40. The van der Waals surface area contributed by atoms with Crippen molar-refractivity contribution in [1.29, 1.82) is 5.26 Å². The van der Waals surface area contributed by atoms with Crippen LogP contribution in [-0.2, 0) is 9.59 Å². The van der Waals surface area contributed by atoms with Gasteiger partial charge in [0, 0.05) is 13.0 Å². The third-order valence-electron chi connectivity index (χ3n) is 4.46. The molecule has 7 heteroatoms. The van der Waals surface area contributed by atoms with Crippen LogP contribution in [0.25, 0.3) is 0 Å². The number of aryl methyl sites for hydroxylation is 2. The van der Waals surface area contributed by atoms with Crippen LogP contribution in [0.15, 0.2) is 47.5 Å². The van der Waals surface area contributed by atoms with Gasteiger partial charge in [0.2, 0.25) is 11.8 Å². The predicted octanol–water partition coefficient (Wildman–Crippen LogP) is 4.16. The highest BCUT2D eigenvalue weighted by Gasteiger charge is 2.38. The van der Waals surface area contributed by atoms with E-state index in [-0.39, 0.29) is 18.2 Å². The molecule has 2 amide bonds. The molecule has 148 valence electrons. The van der Waals surface area contributed by atoms with Crippen molar-refractivity contribution in [3.05, 3.63) is 59.2 Å². The van der Waals surface area contributed by atoms with Crippen molar-refractivity contribution in [2.45, 2.75) is 32.4 Å². The second-order valence-electron chi connectivity index (χ2n) is 6.84. The molecule has 1 atom stereocenters. The summed E-state index contributed by atoms with van der Waals surface area (Å²) in [4.78, 5) is 31.5. The molecule has 0 saturated carbocycles. The molecule has 0 aromatic heterocycles. The number of aliphatic imine (C=N–C) groups is 1. The first-order valence-corrected chi connectivity index (χ1v) is 10.2. The number of nitriles is 1. The van der Waals surface area contributed by atoms with Crippen LogP contribution in [0.3, 0.4) is 0 Å². The Morgan fingerprint density at radius 1 is 1.24 bits per heavy atom. The summed E-state index contributed by atoms with van der Waals surface area (Å²) in [7, 11) is 0. The average molecular weight is 407 g/mol. The number of carbonyl (C=O) groups excluding carboxylic acids is 2. The van der Waals surface area contributed by atoms with Gasteiger partial charge in [-0.05, 0) is 56.2 Å². The van der Waals surface area contributed by atoms with Gasteiger partial charge in [-0.1, -0.05) is 30.0 Å². The molecule has 1 aliphatic heterocycles. The highest BCUT2D eigenvalue weighted by Crippen LogP contribution is 2.32. The molecule has 2 aromatic rings. The zero-order chi connectivity index (χ0) is 21.0. The SMILES string of the molecule is CCN1C(=O)C(CC(=O)Nc2ccccc2C#N)SC1=Nc1cc(C)cc(C)c1. The Balaban J connectivity index is 1.75. The zero-order valence-electron chi connectivity index (χ0n) is 16.6. The lowest BCUT2D eigenvalue weighted by Gasteiger charge is -2.13. The number of hydrogen-bond donors (Lipinski definition) is 1. The lowest BCUT2D eigenvalue weighted by atomic mass is 10.1. The van der Waals surface area contributed by atoms with E-state index in [0.29, 0.717) is 23.0 Å². The van der Waals surface area contributed by atoms with E-state index < -0.39 is 5.25 Å². The summed E-state index contributed by atoms with van der Waals surface area (Å²) in [6, 6.07) is 14.9. The number of para-hydroxylation sites is 1. The molecule has 1 heterocycles. The van der Waals surface area contributed by atoms with E-state index in [2.05, 4.69) is 16.4 Å². The molecule has 0 bridgehead atoms. The van der Waals surface area contributed by atoms with Gasteiger partial charge in [-0.25, -0.2) is 4.99 Å². The fourth-order valence-electron chi connectivity index (χ4n) is 3.20. The van der Waals surface area contributed by atoms with E-state index in [4.69, 9.17) is 5.26 Å². The van der Waals surface area contributed by atoms with E-state index in [0.717, 1.165) is 16.8 Å². The van der Waals surface area contributed by atoms with Crippen molar-refractivity contribution in [1.82, 2.24) is 4.90 Å². The molecular weight excluding hydrogens is 384 g/mol. The minimum atomic E-state index is -0.533. The molecule has 0 aliphatic carbocycles. The largest absolute Gasteiger partial charge is 0.325 e. The van der Waals surface area contributed by atoms with Gasteiger partial charge >= 0.3 is 0 Å². The van der Waals surface area contributed by atoms with Crippen molar-refractivity contribution >= 4 is 40.1 Å². The third kappa shape index (κ3) is 4.84. The van der Waals surface area contributed by atoms with Crippen molar-refractivity contribution in [2.75, 3.05) is 11.9 Å². The monoisotopic (exact) mass is 406 g/mol. The van der Waals surface area contributed by atoms with Crippen molar-refractivity contribution in [3.63, 3.8) is 0 Å². The van der Waals surface area contributed by atoms with E-state index in [9.17, 15) is 9.59 Å². The lowest BCUT2D eigenvalue weighted by Crippen LogP contribution is -2.33. The van der Waals surface area contributed by atoms with E-state index >= 15 is 0 Å². The minimum Gasteiger partial charge on any atom is -0.325 e. The minimum absolute atomic E-state index is 0.0195. The molecule has 0 spiro atoms. The van der Waals surface area contributed by atoms with Crippen molar-refractivity contribution in [3.8, 4) is 6.07 Å². The Hall–Kier alpha value is -3.11. The standard InChI is InChI=1S/C22H22N4O2S/c1-4-26-21(28)19(12-20(27)25-18-8-6-5-7-16(18)13-23)29-22(26)24-17-10-14(2)9-15(3)11-17/h5-11,19H,4,12H2,1-3H3,(H,25,27). The molecule has 2 aromatic carbocycles.